The Hall–Kier alpha value is -4.14. The molecule has 0 bridgehead atoms. The Morgan fingerprint density at radius 3 is 2.33 bits per heavy atom. The molecule has 8 nitrogen and oxygen atoms in total. The van der Waals surface area contributed by atoms with Gasteiger partial charge in [0.2, 0.25) is 5.91 Å². The lowest BCUT2D eigenvalue weighted by Crippen LogP contribution is -2.56. The minimum absolute atomic E-state index is 0.0313. The smallest absolute Gasteiger partial charge is 0.416 e. The molecular formula is C28H30F4N4O4. The second-order valence-corrected chi connectivity index (χ2v) is 10.7. The number of aldehydes is 1. The van der Waals surface area contributed by atoms with Crippen molar-refractivity contribution in [3.8, 4) is 6.07 Å². The van der Waals surface area contributed by atoms with Gasteiger partial charge < -0.3 is 24.2 Å². The third-order valence-corrected chi connectivity index (χ3v) is 6.47. The van der Waals surface area contributed by atoms with Gasteiger partial charge in [0.05, 0.1) is 36.0 Å². The van der Waals surface area contributed by atoms with Crippen molar-refractivity contribution >= 4 is 24.0 Å². The number of halogens is 4. The number of rotatable bonds is 7. The first-order valence-corrected chi connectivity index (χ1v) is 12.4. The molecule has 3 rings (SSSR count). The SMILES string of the molecule is CN(CC(=O)N(Cc1ccc(C(F)(F)F)cc1)C1(C=O)CCN(C(=O)OC(C)(C)C)C1)c1ccc(C#N)cc1F. The van der Waals surface area contributed by atoms with Crippen molar-refractivity contribution in [1.82, 2.24) is 9.80 Å². The summed E-state index contributed by atoms with van der Waals surface area (Å²) >= 11 is 0. The molecule has 0 saturated carbocycles. The predicted molar refractivity (Wildman–Crippen MR) is 138 cm³/mol. The van der Waals surface area contributed by atoms with Crippen molar-refractivity contribution in [2.75, 3.05) is 31.6 Å². The summed E-state index contributed by atoms with van der Waals surface area (Å²) in [4.78, 5) is 42.8. The number of carbonyl (C=O) groups excluding carboxylic acids is 3. The second kappa shape index (κ2) is 11.5. The Kier molecular flexibility index (Phi) is 8.77. The van der Waals surface area contributed by atoms with Crippen LogP contribution in [0.5, 0.6) is 0 Å². The minimum atomic E-state index is -4.55. The monoisotopic (exact) mass is 562 g/mol. The van der Waals surface area contributed by atoms with Crippen LogP contribution in [0.2, 0.25) is 0 Å². The van der Waals surface area contributed by atoms with Crippen LogP contribution >= 0.6 is 0 Å². The molecule has 1 saturated heterocycles. The molecule has 2 amide bonds. The van der Waals surface area contributed by atoms with Gasteiger partial charge in [-0.1, -0.05) is 12.1 Å². The highest BCUT2D eigenvalue weighted by molar-refractivity contribution is 5.86. The Morgan fingerprint density at radius 2 is 1.80 bits per heavy atom. The van der Waals surface area contributed by atoms with Gasteiger partial charge in [0.1, 0.15) is 23.2 Å². The predicted octanol–water partition coefficient (Wildman–Crippen LogP) is 4.76. The highest BCUT2D eigenvalue weighted by Gasteiger charge is 2.47. The van der Waals surface area contributed by atoms with Gasteiger partial charge in [0.15, 0.2) is 0 Å². The molecule has 0 N–H and O–H groups in total. The molecule has 12 heteroatoms. The molecule has 214 valence electrons. The molecular weight excluding hydrogens is 532 g/mol. The van der Waals surface area contributed by atoms with E-state index in [1.54, 1.807) is 20.8 Å². The number of hydrogen-bond acceptors (Lipinski definition) is 6. The first kappa shape index (κ1) is 30.4. The maximum atomic E-state index is 14.6. The minimum Gasteiger partial charge on any atom is -0.444 e. The van der Waals surface area contributed by atoms with Gasteiger partial charge in [-0.15, -0.1) is 0 Å². The quantitative estimate of drug-likeness (QED) is 0.357. The third kappa shape index (κ3) is 7.08. The van der Waals surface area contributed by atoms with E-state index in [2.05, 4.69) is 0 Å². The summed E-state index contributed by atoms with van der Waals surface area (Å²) in [7, 11) is 1.45. The van der Waals surface area contributed by atoms with E-state index < -0.39 is 47.2 Å². The number of anilines is 1. The zero-order chi connectivity index (χ0) is 29.9. The van der Waals surface area contributed by atoms with Gasteiger partial charge in [-0.2, -0.15) is 18.4 Å². The number of nitrogens with zero attached hydrogens (tertiary/aromatic N) is 4. The number of ether oxygens (including phenoxy) is 1. The number of amides is 2. The van der Waals surface area contributed by atoms with Gasteiger partial charge in [0.25, 0.3) is 0 Å². The number of likely N-dealkylation sites (N-methyl/N-ethyl adjacent to an activating group) is 1. The number of likely N-dealkylation sites (tertiary alicyclic amines) is 1. The Bertz CT molecular complexity index is 1300. The average Bonchev–Trinajstić information content (AvgIpc) is 3.31. The summed E-state index contributed by atoms with van der Waals surface area (Å²) in [6.07, 6.45) is -4.60. The number of benzene rings is 2. The normalized spacial score (nSPS) is 17.2. The molecule has 2 aromatic rings. The van der Waals surface area contributed by atoms with Crippen molar-refractivity contribution in [3.05, 3.63) is 65.0 Å². The molecule has 1 aliphatic rings. The fourth-order valence-corrected chi connectivity index (χ4v) is 4.41. The van der Waals surface area contributed by atoms with Crippen molar-refractivity contribution in [1.29, 1.82) is 5.26 Å². The molecule has 0 aromatic heterocycles. The van der Waals surface area contributed by atoms with E-state index in [0.717, 1.165) is 18.2 Å². The van der Waals surface area contributed by atoms with E-state index in [1.165, 1.54) is 46.0 Å². The molecule has 1 aliphatic heterocycles. The zero-order valence-corrected chi connectivity index (χ0v) is 22.6. The maximum absolute atomic E-state index is 14.6. The topological polar surface area (TPSA) is 94.0 Å². The van der Waals surface area contributed by atoms with Crippen LogP contribution in [0.15, 0.2) is 42.5 Å². The van der Waals surface area contributed by atoms with Crippen molar-refractivity contribution in [2.45, 2.75) is 51.1 Å². The number of alkyl halides is 3. The first-order chi connectivity index (χ1) is 18.6. The Morgan fingerprint density at radius 1 is 1.15 bits per heavy atom. The van der Waals surface area contributed by atoms with Gasteiger partial charge in [-0.25, -0.2) is 9.18 Å². The number of hydrogen-bond donors (Lipinski definition) is 0. The Balaban J connectivity index is 1.93. The fraction of sp³-hybridized carbons (Fsp3) is 0.429. The average molecular weight is 563 g/mol. The zero-order valence-electron chi connectivity index (χ0n) is 22.6. The van der Waals surface area contributed by atoms with E-state index in [1.807, 2.05) is 6.07 Å². The number of nitriles is 1. The molecule has 1 heterocycles. The third-order valence-electron chi connectivity index (χ3n) is 6.47. The van der Waals surface area contributed by atoms with Crippen LogP contribution in [0, 0.1) is 17.1 Å². The molecule has 0 aliphatic carbocycles. The maximum Gasteiger partial charge on any atom is 0.416 e. The van der Waals surface area contributed by atoms with E-state index >= 15 is 0 Å². The van der Waals surface area contributed by atoms with Crippen LogP contribution in [0.4, 0.5) is 28.0 Å². The summed E-state index contributed by atoms with van der Waals surface area (Å²) in [6, 6.07) is 9.78. The van der Waals surface area contributed by atoms with Gasteiger partial charge in [-0.05, 0) is 63.1 Å². The number of carbonyl (C=O) groups is 3. The van der Waals surface area contributed by atoms with E-state index in [9.17, 15) is 31.9 Å². The second-order valence-electron chi connectivity index (χ2n) is 10.7. The summed E-state index contributed by atoms with van der Waals surface area (Å²) < 4.78 is 59.3. The standard InChI is InChI=1S/C28H30F4N4O4/c1-26(2,3)40-25(39)35-12-11-27(17-35,18-37)36(15-19-5-8-21(9-6-19)28(30,31)32)24(38)16-34(4)23-10-7-20(14-33)13-22(23)29/h5-10,13,18H,11-12,15-17H2,1-4H3. The molecule has 1 atom stereocenters. The van der Waals surface area contributed by atoms with Gasteiger partial charge in [0, 0.05) is 20.1 Å². The van der Waals surface area contributed by atoms with Crippen LogP contribution in [-0.2, 0) is 27.0 Å². The van der Waals surface area contributed by atoms with Crippen LogP contribution in [0.3, 0.4) is 0 Å². The lowest BCUT2D eigenvalue weighted by atomic mass is 9.96. The van der Waals surface area contributed by atoms with Gasteiger partial charge in [-0.3, -0.25) is 4.79 Å². The van der Waals surface area contributed by atoms with Crippen molar-refractivity contribution < 1.29 is 36.7 Å². The molecule has 40 heavy (non-hydrogen) atoms. The summed E-state index contributed by atoms with van der Waals surface area (Å²) in [5.74, 6) is -1.35. The van der Waals surface area contributed by atoms with Crippen LogP contribution in [0.1, 0.15) is 43.9 Å². The summed E-state index contributed by atoms with van der Waals surface area (Å²) in [5, 5.41) is 8.99. The van der Waals surface area contributed by atoms with E-state index in [4.69, 9.17) is 10.00 Å². The van der Waals surface area contributed by atoms with Crippen molar-refractivity contribution in [3.63, 3.8) is 0 Å². The molecule has 0 radical (unpaired) electrons. The largest absolute Gasteiger partial charge is 0.444 e. The highest BCUT2D eigenvalue weighted by Crippen LogP contribution is 2.32. The van der Waals surface area contributed by atoms with Gasteiger partial charge >= 0.3 is 12.3 Å². The van der Waals surface area contributed by atoms with Crippen LogP contribution < -0.4 is 4.90 Å². The van der Waals surface area contributed by atoms with E-state index in [0.29, 0.717) is 11.8 Å². The molecule has 0 spiro atoms. The molecule has 2 aromatic carbocycles. The summed E-state index contributed by atoms with van der Waals surface area (Å²) in [6.45, 7) is 4.34. The first-order valence-electron chi connectivity index (χ1n) is 12.4. The van der Waals surface area contributed by atoms with Crippen LogP contribution in [-0.4, -0.2) is 65.9 Å². The molecule has 1 fully saturated rings. The molecule has 1 unspecified atom stereocenters. The highest BCUT2D eigenvalue weighted by atomic mass is 19.4. The van der Waals surface area contributed by atoms with E-state index in [-0.39, 0.29) is 37.3 Å². The fourth-order valence-electron chi connectivity index (χ4n) is 4.41. The lowest BCUT2D eigenvalue weighted by Gasteiger charge is -2.38. The lowest BCUT2D eigenvalue weighted by molar-refractivity contribution is -0.141. The van der Waals surface area contributed by atoms with Crippen LogP contribution in [0.25, 0.3) is 0 Å². The summed E-state index contributed by atoms with van der Waals surface area (Å²) in [5.41, 5.74) is -2.71. The Labute approximate surface area is 229 Å². The van der Waals surface area contributed by atoms with Crippen molar-refractivity contribution in [2.24, 2.45) is 0 Å².